The van der Waals surface area contributed by atoms with E-state index >= 15 is 0 Å². The van der Waals surface area contributed by atoms with Crippen molar-refractivity contribution in [2.75, 3.05) is 18.4 Å². The summed E-state index contributed by atoms with van der Waals surface area (Å²) in [6, 6.07) is 10.3. The first-order chi connectivity index (χ1) is 11.5. The molecule has 0 aliphatic carbocycles. The van der Waals surface area contributed by atoms with E-state index in [0.717, 1.165) is 6.07 Å². The molecule has 0 spiro atoms. The topological polar surface area (TPSA) is 49.4 Å². The standard InChI is InChI=1S/C18H18ClFN2O2/c1-3-22(4-2)18(24)12-6-5-7-14(10-12)21-17(23)15-11-13(19)8-9-16(15)20/h5-11H,3-4H2,1-2H3,(H,21,23). The van der Waals surface area contributed by atoms with Crippen molar-refractivity contribution >= 4 is 29.1 Å². The van der Waals surface area contributed by atoms with Crippen molar-refractivity contribution < 1.29 is 14.0 Å². The van der Waals surface area contributed by atoms with Gasteiger partial charge in [-0.15, -0.1) is 0 Å². The van der Waals surface area contributed by atoms with Crippen molar-refractivity contribution in [3.8, 4) is 0 Å². The lowest BCUT2D eigenvalue weighted by Gasteiger charge is -2.19. The van der Waals surface area contributed by atoms with Gasteiger partial charge in [0.2, 0.25) is 0 Å². The zero-order valence-corrected chi connectivity index (χ0v) is 14.2. The van der Waals surface area contributed by atoms with E-state index in [1.807, 2.05) is 13.8 Å². The fourth-order valence-electron chi connectivity index (χ4n) is 2.29. The highest BCUT2D eigenvalue weighted by Gasteiger charge is 2.15. The van der Waals surface area contributed by atoms with Gasteiger partial charge in [0.25, 0.3) is 11.8 Å². The summed E-state index contributed by atoms with van der Waals surface area (Å²) in [6.45, 7) is 4.99. The van der Waals surface area contributed by atoms with Crippen LogP contribution in [0.15, 0.2) is 42.5 Å². The third kappa shape index (κ3) is 4.11. The van der Waals surface area contributed by atoms with E-state index in [1.54, 1.807) is 29.2 Å². The van der Waals surface area contributed by atoms with Gasteiger partial charge in [-0.1, -0.05) is 17.7 Å². The minimum atomic E-state index is -0.660. The van der Waals surface area contributed by atoms with Gasteiger partial charge >= 0.3 is 0 Å². The number of nitrogens with zero attached hydrogens (tertiary/aromatic N) is 1. The molecule has 2 aromatic rings. The van der Waals surface area contributed by atoms with Crippen LogP contribution >= 0.6 is 11.6 Å². The molecule has 126 valence electrons. The van der Waals surface area contributed by atoms with Gasteiger partial charge in [-0.3, -0.25) is 9.59 Å². The Balaban J connectivity index is 2.22. The maximum absolute atomic E-state index is 13.7. The first-order valence-corrected chi connectivity index (χ1v) is 7.99. The number of halogens is 2. The predicted octanol–water partition coefficient (Wildman–Crippen LogP) is 4.21. The van der Waals surface area contributed by atoms with E-state index in [9.17, 15) is 14.0 Å². The number of nitrogens with one attached hydrogen (secondary N) is 1. The second kappa shape index (κ2) is 7.93. The van der Waals surface area contributed by atoms with Crippen molar-refractivity contribution in [2.45, 2.75) is 13.8 Å². The Morgan fingerprint density at radius 2 is 1.83 bits per heavy atom. The summed E-state index contributed by atoms with van der Waals surface area (Å²) in [4.78, 5) is 26.2. The number of carbonyl (C=O) groups is 2. The van der Waals surface area contributed by atoms with E-state index in [-0.39, 0.29) is 16.5 Å². The molecule has 0 saturated heterocycles. The van der Waals surface area contributed by atoms with Gasteiger partial charge in [0.15, 0.2) is 0 Å². The van der Waals surface area contributed by atoms with Gasteiger partial charge in [0.05, 0.1) is 5.56 Å². The van der Waals surface area contributed by atoms with Crippen LogP contribution < -0.4 is 5.32 Å². The molecular weight excluding hydrogens is 331 g/mol. The van der Waals surface area contributed by atoms with Crippen LogP contribution in [0, 0.1) is 5.82 Å². The van der Waals surface area contributed by atoms with Crippen LogP contribution in [-0.2, 0) is 0 Å². The summed E-state index contributed by atoms with van der Waals surface area (Å²) >= 11 is 5.80. The first kappa shape index (κ1) is 17.9. The minimum absolute atomic E-state index is 0.120. The Morgan fingerprint density at radius 1 is 1.12 bits per heavy atom. The van der Waals surface area contributed by atoms with E-state index in [2.05, 4.69) is 5.32 Å². The van der Waals surface area contributed by atoms with Crippen LogP contribution in [-0.4, -0.2) is 29.8 Å². The number of rotatable bonds is 5. The summed E-state index contributed by atoms with van der Waals surface area (Å²) < 4.78 is 13.7. The number of anilines is 1. The smallest absolute Gasteiger partial charge is 0.258 e. The average molecular weight is 349 g/mol. The van der Waals surface area contributed by atoms with Crippen molar-refractivity contribution in [2.24, 2.45) is 0 Å². The van der Waals surface area contributed by atoms with Gasteiger partial charge in [-0.05, 0) is 50.2 Å². The van der Waals surface area contributed by atoms with Crippen LogP contribution in [0.25, 0.3) is 0 Å². The highest BCUT2D eigenvalue weighted by Crippen LogP contribution is 2.18. The zero-order chi connectivity index (χ0) is 17.7. The van der Waals surface area contributed by atoms with Gasteiger partial charge in [0.1, 0.15) is 5.82 Å². The average Bonchev–Trinajstić information content (AvgIpc) is 2.58. The number of amides is 2. The molecule has 24 heavy (non-hydrogen) atoms. The molecule has 0 heterocycles. The minimum Gasteiger partial charge on any atom is -0.339 e. The molecule has 4 nitrogen and oxygen atoms in total. The molecule has 6 heteroatoms. The van der Waals surface area contributed by atoms with Crippen LogP contribution in [0.4, 0.5) is 10.1 Å². The number of benzene rings is 2. The third-order valence-electron chi connectivity index (χ3n) is 3.59. The second-order valence-corrected chi connectivity index (χ2v) is 5.57. The van der Waals surface area contributed by atoms with Crippen LogP contribution in [0.2, 0.25) is 5.02 Å². The molecule has 0 aliphatic heterocycles. The Kier molecular flexibility index (Phi) is 5.93. The highest BCUT2D eigenvalue weighted by molar-refractivity contribution is 6.31. The number of hydrogen-bond donors (Lipinski definition) is 1. The summed E-state index contributed by atoms with van der Waals surface area (Å²) in [7, 11) is 0. The molecular formula is C18H18ClFN2O2. The lowest BCUT2D eigenvalue weighted by atomic mass is 10.1. The highest BCUT2D eigenvalue weighted by atomic mass is 35.5. The molecule has 0 aliphatic rings. The Morgan fingerprint density at radius 3 is 2.50 bits per heavy atom. The third-order valence-corrected chi connectivity index (χ3v) is 3.83. The van der Waals surface area contributed by atoms with Crippen LogP contribution in [0.1, 0.15) is 34.6 Å². The lowest BCUT2D eigenvalue weighted by molar-refractivity contribution is 0.0772. The summed E-state index contributed by atoms with van der Waals surface area (Å²) in [6.07, 6.45) is 0. The number of carbonyl (C=O) groups excluding carboxylic acids is 2. The normalized spacial score (nSPS) is 10.3. The molecule has 0 saturated carbocycles. The van der Waals surface area contributed by atoms with Crippen molar-refractivity contribution in [1.29, 1.82) is 0 Å². The molecule has 0 aromatic heterocycles. The van der Waals surface area contributed by atoms with E-state index in [1.165, 1.54) is 12.1 Å². The summed E-state index contributed by atoms with van der Waals surface area (Å²) in [5.41, 5.74) is 0.725. The fourth-order valence-corrected chi connectivity index (χ4v) is 2.47. The van der Waals surface area contributed by atoms with Crippen LogP contribution in [0.5, 0.6) is 0 Å². The molecule has 0 atom stereocenters. The van der Waals surface area contributed by atoms with E-state index < -0.39 is 11.7 Å². The van der Waals surface area contributed by atoms with Gasteiger partial charge in [0, 0.05) is 29.4 Å². The Hall–Kier alpha value is -2.40. The molecule has 1 N–H and O–H groups in total. The van der Waals surface area contributed by atoms with Crippen molar-refractivity contribution in [3.05, 3.63) is 64.4 Å². The summed E-state index contributed by atoms with van der Waals surface area (Å²) in [5.74, 6) is -1.40. The Bertz CT molecular complexity index is 760. The monoisotopic (exact) mass is 348 g/mol. The largest absolute Gasteiger partial charge is 0.339 e. The maximum atomic E-state index is 13.7. The lowest BCUT2D eigenvalue weighted by Crippen LogP contribution is -2.30. The quantitative estimate of drug-likeness (QED) is 0.879. The van der Waals surface area contributed by atoms with E-state index in [4.69, 9.17) is 11.6 Å². The van der Waals surface area contributed by atoms with Gasteiger partial charge < -0.3 is 10.2 Å². The maximum Gasteiger partial charge on any atom is 0.258 e. The Labute approximate surface area is 145 Å². The molecule has 0 unspecified atom stereocenters. The van der Waals surface area contributed by atoms with Gasteiger partial charge in [-0.2, -0.15) is 0 Å². The fraction of sp³-hybridized carbons (Fsp3) is 0.222. The molecule has 0 fully saturated rings. The van der Waals surface area contributed by atoms with Crippen molar-refractivity contribution in [3.63, 3.8) is 0 Å². The molecule has 2 aromatic carbocycles. The zero-order valence-electron chi connectivity index (χ0n) is 13.5. The number of hydrogen-bond acceptors (Lipinski definition) is 2. The molecule has 0 bridgehead atoms. The SMILES string of the molecule is CCN(CC)C(=O)c1cccc(NC(=O)c2cc(Cl)ccc2F)c1. The van der Waals surface area contributed by atoms with E-state index in [0.29, 0.717) is 24.3 Å². The predicted molar refractivity (Wildman–Crippen MR) is 93.1 cm³/mol. The molecule has 2 amide bonds. The van der Waals surface area contributed by atoms with Gasteiger partial charge in [-0.25, -0.2) is 4.39 Å². The van der Waals surface area contributed by atoms with Crippen molar-refractivity contribution in [1.82, 2.24) is 4.90 Å². The van der Waals surface area contributed by atoms with Crippen LogP contribution in [0.3, 0.4) is 0 Å². The second-order valence-electron chi connectivity index (χ2n) is 5.14. The molecule has 2 rings (SSSR count). The molecule has 0 radical (unpaired) electrons. The first-order valence-electron chi connectivity index (χ1n) is 7.62. The summed E-state index contributed by atoms with van der Waals surface area (Å²) in [5, 5.41) is 2.86.